The molecular formula is C20H37IN6O. The molecule has 0 radical (unpaired) electrons. The Balaban J connectivity index is 0.00000280. The van der Waals surface area contributed by atoms with Gasteiger partial charge in [-0.2, -0.15) is 5.10 Å². The number of guanidine groups is 1. The van der Waals surface area contributed by atoms with Gasteiger partial charge in [0.1, 0.15) is 6.10 Å². The molecule has 0 saturated carbocycles. The number of aliphatic imine (C=N–C) groups is 1. The first-order valence-electron chi connectivity index (χ1n) is 10.3. The van der Waals surface area contributed by atoms with Gasteiger partial charge in [-0.25, -0.2) is 0 Å². The largest absolute Gasteiger partial charge is 0.370 e. The van der Waals surface area contributed by atoms with Crippen molar-refractivity contribution in [3.63, 3.8) is 0 Å². The summed E-state index contributed by atoms with van der Waals surface area (Å²) in [5, 5.41) is 7.91. The summed E-state index contributed by atoms with van der Waals surface area (Å²) in [5.74, 6) is 2.43. The molecule has 8 heteroatoms. The van der Waals surface area contributed by atoms with Crippen LogP contribution in [-0.2, 0) is 11.8 Å². The van der Waals surface area contributed by atoms with E-state index in [0.717, 1.165) is 37.1 Å². The molecule has 2 atom stereocenters. The number of hydrogen-bond acceptors (Lipinski definition) is 4. The molecular weight excluding hydrogens is 467 g/mol. The Labute approximate surface area is 186 Å². The molecule has 1 aromatic heterocycles. The second-order valence-corrected chi connectivity index (χ2v) is 8.34. The lowest BCUT2D eigenvalue weighted by molar-refractivity contribution is -0.00814. The molecule has 0 bridgehead atoms. The Morgan fingerprint density at radius 2 is 2.18 bits per heavy atom. The molecule has 3 rings (SSSR count). The molecule has 3 heterocycles. The topological polar surface area (TPSA) is 57.9 Å². The number of rotatable bonds is 5. The number of aromatic nitrogens is 2. The van der Waals surface area contributed by atoms with E-state index in [0.29, 0.717) is 12.5 Å². The van der Waals surface area contributed by atoms with E-state index in [-0.39, 0.29) is 30.1 Å². The van der Waals surface area contributed by atoms with E-state index in [2.05, 4.69) is 39.1 Å². The average Bonchev–Trinajstić information content (AvgIpc) is 3.09. The first-order chi connectivity index (χ1) is 13.0. The van der Waals surface area contributed by atoms with Gasteiger partial charge in [-0.05, 0) is 31.2 Å². The molecule has 2 saturated heterocycles. The predicted octanol–water partition coefficient (Wildman–Crippen LogP) is 2.35. The lowest BCUT2D eigenvalue weighted by Gasteiger charge is -2.37. The summed E-state index contributed by atoms with van der Waals surface area (Å²) >= 11 is 0. The SMILES string of the molecule is CN=C(NCC1CCCN(CC(C)C)C1)N1CCOC(c2cnn(C)c2)C1.I. The first kappa shape index (κ1) is 23.4. The van der Waals surface area contributed by atoms with Crippen LogP contribution in [0.2, 0.25) is 0 Å². The van der Waals surface area contributed by atoms with Crippen molar-refractivity contribution in [2.75, 3.05) is 52.9 Å². The van der Waals surface area contributed by atoms with Crippen LogP contribution in [-0.4, -0.2) is 78.5 Å². The van der Waals surface area contributed by atoms with Crippen LogP contribution >= 0.6 is 24.0 Å². The predicted molar refractivity (Wildman–Crippen MR) is 124 cm³/mol. The summed E-state index contributed by atoms with van der Waals surface area (Å²) in [5.41, 5.74) is 1.13. The molecule has 1 aromatic rings. The summed E-state index contributed by atoms with van der Waals surface area (Å²) in [6.45, 7) is 11.7. The number of likely N-dealkylation sites (tertiary alicyclic amines) is 1. The number of morpholine rings is 1. The highest BCUT2D eigenvalue weighted by atomic mass is 127. The third-order valence-corrected chi connectivity index (χ3v) is 5.45. The summed E-state index contributed by atoms with van der Waals surface area (Å²) in [6, 6.07) is 0. The normalized spacial score (nSPS) is 24.3. The molecule has 1 N–H and O–H groups in total. The molecule has 2 aliphatic heterocycles. The summed E-state index contributed by atoms with van der Waals surface area (Å²) in [4.78, 5) is 9.48. The maximum Gasteiger partial charge on any atom is 0.193 e. The lowest BCUT2D eigenvalue weighted by atomic mass is 9.97. The molecule has 2 aliphatic rings. The molecule has 7 nitrogen and oxygen atoms in total. The van der Waals surface area contributed by atoms with E-state index < -0.39 is 0 Å². The highest BCUT2D eigenvalue weighted by Crippen LogP contribution is 2.22. The van der Waals surface area contributed by atoms with Crippen LogP contribution in [0.15, 0.2) is 17.4 Å². The minimum atomic E-state index is 0. The minimum absolute atomic E-state index is 0. The maximum atomic E-state index is 5.96. The van der Waals surface area contributed by atoms with Crippen LogP contribution in [0.5, 0.6) is 0 Å². The summed E-state index contributed by atoms with van der Waals surface area (Å²) in [6.07, 6.45) is 6.60. The smallest absolute Gasteiger partial charge is 0.193 e. The standard InChI is InChI=1S/C20H36N6O.HI/c1-16(2)12-25-7-5-6-17(13-25)10-22-20(21-3)26-8-9-27-19(15-26)18-11-23-24(4)14-18;/h11,14,16-17,19H,5-10,12-13,15H2,1-4H3,(H,21,22);1H. The van der Waals surface area contributed by atoms with Crippen LogP contribution in [0.4, 0.5) is 0 Å². The van der Waals surface area contributed by atoms with Gasteiger partial charge in [0, 0.05) is 52.0 Å². The summed E-state index contributed by atoms with van der Waals surface area (Å²) in [7, 11) is 3.82. The van der Waals surface area contributed by atoms with Crippen molar-refractivity contribution in [2.24, 2.45) is 23.9 Å². The van der Waals surface area contributed by atoms with Gasteiger partial charge in [0.25, 0.3) is 0 Å². The number of aryl methyl sites for hydroxylation is 1. The Bertz CT molecular complexity index is 620. The van der Waals surface area contributed by atoms with Gasteiger partial charge >= 0.3 is 0 Å². The minimum Gasteiger partial charge on any atom is -0.370 e. The zero-order chi connectivity index (χ0) is 19.2. The van der Waals surface area contributed by atoms with E-state index in [1.54, 1.807) is 0 Å². The molecule has 2 fully saturated rings. The van der Waals surface area contributed by atoms with E-state index in [1.807, 2.05) is 31.2 Å². The van der Waals surface area contributed by atoms with Gasteiger partial charge in [-0.15, -0.1) is 24.0 Å². The molecule has 160 valence electrons. The van der Waals surface area contributed by atoms with Crippen molar-refractivity contribution in [2.45, 2.75) is 32.8 Å². The number of ether oxygens (including phenoxy) is 1. The number of hydrogen-bond donors (Lipinski definition) is 1. The molecule has 2 unspecified atom stereocenters. The van der Waals surface area contributed by atoms with Crippen LogP contribution in [0, 0.1) is 11.8 Å². The highest BCUT2D eigenvalue weighted by molar-refractivity contribution is 14.0. The van der Waals surface area contributed by atoms with Crippen molar-refractivity contribution in [3.8, 4) is 0 Å². The monoisotopic (exact) mass is 504 g/mol. The number of nitrogens with zero attached hydrogens (tertiary/aromatic N) is 5. The molecule has 0 amide bonds. The van der Waals surface area contributed by atoms with Crippen molar-refractivity contribution in [1.82, 2.24) is 24.9 Å². The second-order valence-electron chi connectivity index (χ2n) is 8.34. The maximum absolute atomic E-state index is 5.96. The number of nitrogens with one attached hydrogen (secondary N) is 1. The van der Waals surface area contributed by atoms with Crippen molar-refractivity contribution >= 4 is 29.9 Å². The van der Waals surface area contributed by atoms with Gasteiger partial charge in [-0.3, -0.25) is 9.67 Å². The van der Waals surface area contributed by atoms with Crippen molar-refractivity contribution in [1.29, 1.82) is 0 Å². The Morgan fingerprint density at radius 3 is 2.86 bits per heavy atom. The molecule has 28 heavy (non-hydrogen) atoms. The van der Waals surface area contributed by atoms with E-state index in [4.69, 9.17) is 4.74 Å². The third-order valence-electron chi connectivity index (χ3n) is 5.45. The zero-order valence-corrected chi connectivity index (χ0v) is 20.1. The highest BCUT2D eigenvalue weighted by Gasteiger charge is 2.26. The fraction of sp³-hybridized carbons (Fsp3) is 0.800. The fourth-order valence-corrected chi connectivity index (χ4v) is 4.22. The van der Waals surface area contributed by atoms with Crippen LogP contribution < -0.4 is 5.32 Å². The van der Waals surface area contributed by atoms with Gasteiger partial charge in [0.15, 0.2) is 5.96 Å². The Hall–Kier alpha value is -0.870. The van der Waals surface area contributed by atoms with Crippen LogP contribution in [0.25, 0.3) is 0 Å². The molecule has 0 aliphatic carbocycles. The quantitative estimate of drug-likeness (QED) is 0.379. The van der Waals surface area contributed by atoms with E-state index >= 15 is 0 Å². The van der Waals surface area contributed by atoms with Crippen molar-refractivity contribution in [3.05, 3.63) is 18.0 Å². The van der Waals surface area contributed by atoms with E-state index in [9.17, 15) is 0 Å². The average molecular weight is 504 g/mol. The Kier molecular flexibility index (Phi) is 9.49. The molecule has 0 aromatic carbocycles. The van der Waals surface area contributed by atoms with Gasteiger partial charge < -0.3 is 19.9 Å². The summed E-state index contributed by atoms with van der Waals surface area (Å²) < 4.78 is 7.79. The second kappa shape index (κ2) is 11.3. The van der Waals surface area contributed by atoms with Gasteiger partial charge in [0.2, 0.25) is 0 Å². The van der Waals surface area contributed by atoms with E-state index in [1.165, 1.54) is 32.5 Å². The lowest BCUT2D eigenvalue weighted by Crippen LogP contribution is -2.50. The first-order valence-corrected chi connectivity index (χ1v) is 10.3. The number of halogens is 1. The fourth-order valence-electron chi connectivity index (χ4n) is 4.22. The van der Waals surface area contributed by atoms with Gasteiger partial charge in [-0.1, -0.05) is 13.8 Å². The van der Waals surface area contributed by atoms with Crippen molar-refractivity contribution < 1.29 is 4.74 Å². The Morgan fingerprint density at radius 1 is 1.36 bits per heavy atom. The van der Waals surface area contributed by atoms with Crippen LogP contribution in [0.3, 0.4) is 0 Å². The number of piperidine rings is 1. The zero-order valence-electron chi connectivity index (χ0n) is 17.8. The van der Waals surface area contributed by atoms with Gasteiger partial charge in [0.05, 0.1) is 19.3 Å². The molecule has 0 spiro atoms. The third kappa shape index (κ3) is 6.59. The van der Waals surface area contributed by atoms with Crippen LogP contribution in [0.1, 0.15) is 38.4 Å².